The van der Waals surface area contributed by atoms with E-state index < -0.39 is 36.0 Å². The Bertz CT molecular complexity index is 3310. The summed E-state index contributed by atoms with van der Waals surface area (Å²) < 4.78 is 49.7. The molecule has 1 saturated heterocycles. The van der Waals surface area contributed by atoms with Crippen LogP contribution in [0.1, 0.15) is 174 Å². The van der Waals surface area contributed by atoms with Crippen LogP contribution in [0.5, 0.6) is 0 Å². The van der Waals surface area contributed by atoms with E-state index in [0.29, 0.717) is 30.2 Å². The predicted octanol–water partition coefficient (Wildman–Crippen LogP) is 10.9. The van der Waals surface area contributed by atoms with Gasteiger partial charge in [0.2, 0.25) is 11.6 Å². The van der Waals surface area contributed by atoms with Crippen LogP contribution in [0.15, 0.2) is 60.7 Å². The molecule has 20 heteroatoms. The number of pyridine rings is 2. The van der Waals surface area contributed by atoms with Crippen LogP contribution in [0.4, 0.5) is 8.78 Å². The molecule has 9 rings (SSSR count). The molecule has 3 aliphatic heterocycles. The van der Waals surface area contributed by atoms with Crippen molar-refractivity contribution in [3.05, 3.63) is 106 Å². The third-order valence-corrected chi connectivity index (χ3v) is 14.7. The minimum Gasteiger partial charge on any atom is -0.481 e. The van der Waals surface area contributed by atoms with Gasteiger partial charge in [0.25, 0.3) is 0 Å². The van der Waals surface area contributed by atoms with Gasteiger partial charge in [-0.2, -0.15) is 0 Å². The largest absolute Gasteiger partial charge is 0.481 e. The summed E-state index contributed by atoms with van der Waals surface area (Å²) in [5.74, 6) is -1.74. The van der Waals surface area contributed by atoms with E-state index in [1.54, 1.807) is 22.9 Å². The van der Waals surface area contributed by atoms with E-state index in [9.17, 15) is 28.6 Å². The van der Waals surface area contributed by atoms with Crippen LogP contribution in [0, 0.1) is 11.6 Å². The Kier molecular flexibility index (Phi) is 17.7. The highest BCUT2D eigenvalue weighted by Gasteiger charge is 2.39. The average Bonchev–Trinajstić information content (AvgIpc) is 4.29. The summed E-state index contributed by atoms with van der Waals surface area (Å²) in [7, 11) is 0. The number of halogens is 2. The zero-order chi connectivity index (χ0) is 58.9. The molecular weight excluding hydrogens is 1040 g/mol. The van der Waals surface area contributed by atoms with Gasteiger partial charge in [-0.05, 0) is 178 Å². The van der Waals surface area contributed by atoms with Crippen LogP contribution in [-0.2, 0) is 47.7 Å². The lowest BCUT2D eigenvalue weighted by atomic mass is 9.86. The lowest BCUT2D eigenvalue weighted by molar-refractivity contribution is -0.290. The van der Waals surface area contributed by atoms with E-state index in [1.165, 1.54) is 30.3 Å². The quantitative estimate of drug-likeness (QED) is 0.0860. The fourth-order valence-corrected chi connectivity index (χ4v) is 10.9. The van der Waals surface area contributed by atoms with Crippen LogP contribution >= 0.6 is 0 Å². The van der Waals surface area contributed by atoms with Crippen molar-refractivity contribution in [3.8, 4) is 45.3 Å². The summed E-state index contributed by atoms with van der Waals surface area (Å²) in [6, 6.07) is 12.9. The van der Waals surface area contributed by atoms with E-state index in [1.807, 2.05) is 71.4 Å². The van der Waals surface area contributed by atoms with Crippen LogP contribution in [0.25, 0.3) is 57.4 Å². The summed E-state index contributed by atoms with van der Waals surface area (Å²) in [4.78, 5) is 33.8. The van der Waals surface area contributed by atoms with Crippen molar-refractivity contribution >= 4 is 24.1 Å². The first-order valence-corrected chi connectivity index (χ1v) is 27.8. The molecule has 3 aliphatic rings. The van der Waals surface area contributed by atoms with E-state index >= 15 is 0 Å². The van der Waals surface area contributed by atoms with Gasteiger partial charge in [-0.15, -0.1) is 10.2 Å². The van der Waals surface area contributed by atoms with E-state index in [0.717, 1.165) is 80.9 Å². The normalized spacial score (nSPS) is 19.0. The van der Waals surface area contributed by atoms with Crippen molar-refractivity contribution in [1.29, 1.82) is 0 Å². The Morgan fingerprint density at radius 1 is 0.741 bits per heavy atom. The maximum atomic E-state index is 14.1. The van der Waals surface area contributed by atoms with Crippen molar-refractivity contribution in [2.24, 2.45) is 0 Å². The van der Waals surface area contributed by atoms with Crippen LogP contribution < -0.4 is 0 Å². The number of fused-ring (bicyclic) bond motifs is 6. The van der Waals surface area contributed by atoms with Gasteiger partial charge >= 0.3 is 11.9 Å². The highest BCUT2D eigenvalue weighted by Crippen LogP contribution is 2.45. The SMILES string of the molecule is CC(C)c1nc2c(c(-c3ccc(F)cc3)c1/C=C/[C@@H](O)C[C@@H](O)CC(=O)O)CCC(C)(C)n1nnnc1-2.CC(C)c1nc2c(c(-c3ccc(F)cc3)c1/C=C/[C@@H]1C[C@H](CC(=O)OC(C)(C)C)OC(C)(C)O1)CCC(C)(C)n1nnnc1-2. The van der Waals surface area contributed by atoms with Crippen LogP contribution in [-0.4, -0.2) is 113 Å². The number of carboxylic acids is 1. The number of hydrogen-bond acceptors (Lipinski definition) is 15. The molecule has 3 N–H and O–H groups in total. The van der Waals surface area contributed by atoms with Gasteiger partial charge in [0.15, 0.2) is 5.79 Å². The minimum absolute atomic E-state index is 0.0144. The monoisotopic (exact) mass is 1110 g/mol. The number of carboxylic acid groups (broad SMARTS) is 1. The third-order valence-electron chi connectivity index (χ3n) is 14.7. The number of nitrogens with zero attached hydrogens (tertiary/aromatic N) is 10. The Hall–Kier alpha value is -7.00. The molecule has 0 amide bonds. The lowest BCUT2D eigenvalue weighted by Gasteiger charge is -2.39. The molecule has 0 unspecified atom stereocenters. The number of esters is 1. The predicted molar refractivity (Wildman–Crippen MR) is 302 cm³/mol. The first kappa shape index (κ1) is 60.1. The molecule has 0 aliphatic carbocycles. The molecule has 0 spiro atoms. The summed E-state index contributed by atoms with van der Waals surface area (Å²) in [6.45, 7) is 25.9. The molecule has 81 heavy (non-hydrogen) atoms. The average molecular weight is 1120 g/mol. The van der Waals surface area contributed by atoms with Gasteiger partial charge in [0.1, 0.15) is 28.6 Å². The standard InChI is InChI=1S/C34H44FN5O4.C27H32FN5O4/c1-20(2)29-25(15-14-23-18-24(43-34(8,9)42-23)19-27(41)44-32(3,4)5)28(21-10-12-22(35)13-11-21)26-16-17-33(6,7)40-31(30(26)36-29)37-38-39-40;1-15(2)24-20(10-9-18(34)13-19(35)14-22(36)37)23(16-5-7-17(28)8-6-16)21-11-12-27(3,4)33-26(25(21)29-24)30-31-32-33/h10-15,20,23-24H,16-19H2,1-9H3;5-10,15,18-19,34-35H,11-14H2,1-4H3,(H,36,37)/b15-14+;10-9+/t23-,24-;18-,19-/m11/s1. The van der Waals surface area contributed by atoms with Gasteiger partial charge in [-0.1, -0.05) is 76.3 Å². The second kappa shape index (κ2) is 23.8. The molecule has 4 aromatic heterocycles. The molecular formula is C61H76F2N10O8. The molecule has 1 fully saturated rings. The maximum absolute atomic E-state index is 14.1. The fourth-order valence-electron chi connectivity index (χ4n) is 10.9. The molecule has 0 radical (unpaired) electrons. The number of hydrogen-bond donors (Lipinski definition) is 3. The first-order chi connectivity index (χ1) is 38.0. The first-order valence-electron chi connectivity index (χ1n) is 27.8. The van der Waals surface area contributed by atoms with Gasteiger partial charge < -0.3 is 29.5 Å². The molecule has 4 atom stereocenters. The fraction of sp³-hybridized carbons (Fsp3) is 0.508. The van der Waals surface area contributed by atoms with Crippen molar-refractivity contribution in [1.82, 2.24) is 50.4 Å². The summed E-state index contributed by atoms with van der Waals surface area (Å²) in [5.41, 5.74) is 9.00. The molecule has 7 heterocycles. The molecule has 18 nitrogen and oxygen atoms in total. The number of aliphatic carboxylic acids is 1. The highest BCUT2D eigenvalue weighted by atomic mass is 19.1. The third kappa shape index (κ3) is 14.0. The van der Waals surface area contributed by atoms with Gasteiger partial charge in [0.05, 0.1) is 59.7 Å². The number of rotatable bonds is 14. The van der Waals surface area contributed by atoms with Crippen LogP contribution in [0.2, 0.25) is 0 Å². The number of ether oxygens (including phenoxy) is 3. The van der Waals surface area contributed by atoms with Gasteiger partial charge in [0, 0.05) is 24.0 Å². The number of tetrazole rings is 2. The zero-order valence-electron chi connectivity index (χ0n) is 48.7. The Labute approximate surface area is 472 Å². The number of aliphatic hydroxyl groups is 2. The number of carbonyl (C=O) groups excluding carboxylic acids is 1. The zero-order valence-corrected chi connectivity index (χ0v) is 48.7. The Morgan fingerprint density at radius 2 is 1.21 bits per heavy atom. The molecule has 2 aromatic carbocycles. The minimum atomic E-state index is -1.18. The highest BCUT2D eigenvalue weighted by molar-refractivity contribution is 5.85. The summed E-state index contributed by atoms with van der Waals surface area (Å²) in [6.07, 6.45) is 7.44. The molecule has 6 aromatic rings. The van der Waals surface area contributed by atoms with Gasteiger partial charge in [-0.3, -0.25) is 9.59 Å². The van der Waals surface area contributed by atoms with E-state index in [2.05, 4.69) is 78.7 Å². The summed E-state index contributed by atoms with van der Waals surface area (Å²) >= 11 is 0. The van der Waals surface area contributed by atoms with Gasteiger partial charge in [-0.25, -0.2) is 28.1 Å². The van der Waals surface area contributed by atoms with Crippen molar-refractivity contribution in [3.63, 3.8) is 0 Å². The second-order valence-electron chi connectivity index (χ2n) is 24.6. The molecule has 0 bridgehead atoms. The van der Waals surface area contributed by atoms with E-state index in [-0.39, 0.29) is 65.6 Å². The molecule has 432 valence electrons. The van der Waals surface area contributed by atoms with Crippen molar-refractivity contribution < 1.29 is 47.9 Å². The van der Waals surface area contributed by atoms with Crippen molar-refractivity contribution in [2.75, 3.05) is 0 Å². The number of carbonyl (C=O) groups is 2. The maximum Gasteiger partial charge on any atom is 0.308 e. The van der Waals surface area contributed by atoms with Crippen molar-refractivity contribution in [2.45, 2.75) is 200 Å². The summed E-state index contributed by atoms with van der Waals surface area (Å²) in [5, 5.41) is 54.6. The van der Waals surface area contributed by atoms with Crippen LogP contribution in [0.3, 0.4) is 0 Å². The molecule has 0 saturated carbocycles. The second-order valence-corrected chi connectivity index (χ2v) is 24.6. The number of benzene rings is 2. The lowest BCUT2D eigenvalue weighted by Crippen LogP contribution is -2.45. The number of aromatic nitrogens is 10. The topological polar surface area (TPSA) is 235 Å². The Morgan fingerprint density at radius 3 is 1.65 bits per heavy atom. The number of aliphatic hydroxyl groups excluding tert-OH is 2. The smallest absolute Gasteiger partial charge is 0.308 e. The van der Waals surface area contributed by atoms with E-state index in [4.69, 9.17) is 29.3 Å². The Balaban J connectivity index is 0.000000216.